The van der Waals surface area contributed by atoms with Crippen molar-refractivity contribution in [1.29, 1.82) is 0 Å². The smallest absolute Gasteiger partial charge is 0.344 e. The van der Waals surface area contributed by atoms with E-state index < -0.39 is 39.6 Å². The summed E-state index contributed by atoms with van der Waals surface area (Å²) in [4.78, 5) is 49.4. The lowest BCUT2D eigenvalue weighted by Crippen LogP contribution is -2.15. The fraction of sp³-hybridized carbons (Fsp3) is 0.250. The highest BCUT2D eigenvalue weighted by Crippen LogP contribution is 2.19. The molecule has 0 unspecified atom stereocenters. The van der Waals surface area contributed by atoms with E-state index >= 15 is 0 Å². The zero-order chi connectivity index (χ0) is 24.4. The third kappa shape index (κ3) is 7.88. The average Bonchev–Trinajstić information content (AvgIpc) is 2.76. The summed E-state index contributed by atoms with van der Waals surface area (Å²) in [7, 11) is -3.73. The van der Waals surface area contributed by atoms with Crippen LogP contribution in [0.25, 0.3) is 0 Å². The van der Waals surface area contributed by atoms with E-state index in [1.54, 1.807) is 6.07 Å². The van der Waals surface area contributed by atoms with E-state index in [0.29, 0.717) is 0 Å². The molecule has 2 aromatic rings. The zero-order valence-corrected chi connectivity index (χ0v) is 18.1. The van der Waals surface area contributed by atoms with Crippen molar-refractivity contribution in [3.8, 4) is 5.75 Å². The Bertz CT molecular complexity index is 1130. The maximum atomic E-state index is 12.2. The fourth-order valence-electron chi connectivity index (χ4n) is 2.48. The number of ether oxygens (including phenoxy) is 3. The van der Waals surface area contributed by atoms with Gasteiger partial charge in [-0.15, -0.1) is 10.1 Å². The molecular formula is C20H19NO11S. The molecule has 0 spiro atoms. The van der Waals surface area contributed by atoms with E-state index in [-0.39, 0.29) is 40.6 Å². The first-order valence-electron chi connectivity index (χ1n) is 9.32. The van der Waals surface area contributed by atoms with Gasteiger partial charge in [-0.2, -0.15) is 0 Å². The first-order chi connectivity index (χ1) is 15.6. The summed E-state index contributed by atoms with van der Waals surface area (Å²) < 4.78 is 39.0. The molecule has 12 nitrogen and oxygen atoms in total. The van der Waals surface area contributed by atoms with Crippen LogP contribution in [0.4, 0.5) is 0 Å². The molecule has 0 atom stereocenters. The second-order valence-corrected chi connectivity index (χ2v) is 8.43. The van der Waals surface area contributed by atoms with Crippen molar-refractivity contribution in [1.82, 2.24) is 0 Å². The van der Waals surface area contributed by atoms with Gasteiger partial charge in [-0.1, -0.05) is 12.1 Å². The van der Waals surface area contributed by atoms with Crippen LogP contribution in [0.1, 0.15) is 34.1 Å². The SMILES string of the molecule is CC(=O)Oc1ccccc1C(=O)OCOC(=O)c1ccc(S(=O)(=O)CCCO[N+](=O)[O-])cc1. The van der Waals surface area contributed by atoms with Crippen molar-refractivity contribution in [2.24, 2.45) is 0 Å². The highest BCUT2D eigenvalue weighted by molar-refractivity contribution is 7.91. The maximum absolute atomic E-state index is 12.2. The largest absolute Gasteiger partial charge is 0.426 e. The maximum Gasteiger partial charge on any atom is 0.344 e. The molecule has 0 heterocycles. The number of hydrogen-bond donors (Lipinski definition) is 0. The Kier molecular flexibility index (Phi) is 8.86. The van der Waals surface area contributed by atoms with E-state index in [1.165, 1.54) is 49.4 Å². The summed E-state index contributed by atoms with van der Waals surface area (Å²) in [6, 6.07) is 10.6. The Morgan fingerprint density at radius 2 is 1.61 bits per heavy atom. The van der Waals surface area contributed by atoms with Crippen LogP contribution in [0.2, 0.25) is 0 Å². The first-order valence-corrected chi connectivity index (χ1v) is 11.0. The minimum Gasteiger partial charge on any atom is -0.426 e. The monoisotopic (exact) mass is 481 g/mol. The molecule has 2 rings (SSSR count). The standard InChI is InChI=1S/C20H19NO11S/c1-14(22)32-18-6-3-2-5-17(18)20(24)30-13-29-19(23)15-7-9-16(10-8-15)33(27,28)12-4-11-31-21(25)26/h2-3,5-10H,4,11-13H2,1H3. The number of benzene rings is 2. The van der Waals surface area contributed by atoms with Crippen molar-refractivity contribution in [3.63, 3.8) is 0 Å². The Labute approximate surface area is 188 Å². The fourth-order valence-corrected chi connectivity index (χ4v) is 3.77. The minimum absolute atomic E-state index is 0.00185. The molecular weight excluding hydrogens is 462 g/mol. The summed E-state index contributed by atoms with van der Waals surface area (Å²) in [6.07, 6.45) is -0.0843. The van der Waals surface area contributed by atoms with E-state index in [1.807, 2.05) is 0 Å². The predicted octanol–water partition coefficient (Wildman–Crippen LogP) is 1.96. The second-order valence-electron chi connectivity index (χ2n) is 6.32. The number of para-hydroxylation sites is 1. The van der Waals surface area contributed by atoms with Crippen LogP contribution in [0.3, 0.4) is 0 Å². The average molecular weight is 481 g/mol. The number of rotatable bonds is 11. The lowest BCUT2D eigenvalue weighted by Gasteiger charge is -2.10. The number of carbonyl (C=O) groups excluding carboxylic acids is 3. The van der Waals surface area contributed by atoms with E-state index in [2.05, 4.69) is 4.84 Å². The summed E-state index contributed by atoms with van der Waals surface area (Å²) >= 11 is 0. The second kappa shape index (κ2) is 11.6. The van der Waals surface area contributed by atoms with Crippen LogP contribution in [-0.4, -0.2) is 50.6 Å². The van der Waals surface area contributed by atoms with Gasteiger partial charge in [0.15, 0.2) is 9.84 Å². The third-order valence-electron chi connectivity index (χ3n) is 3.94. The Balaban J connectivity index is 1.89. The lowest BCUT2D eigenvalue weighted by atomic mass is 10.2. The molecule has 176 valence electrons. The van der Waals surface area contributed by atoms with Gasteiger partial charge in [-0.05, 0) is 42.8 Å². The summed E-state index contributed by atoms with van der Waals surface area (Å²) in [5.41, 5.74) is -0.0380. The number of esters is 3. The highest BCUT2D eigenvalue weighted by Gasteiger charge is 2.18. The van der Waals surface area contributed by atoms with Gasteiger partial charge < -0.3 is 19.0 Å². The molecule has 13 heteroatoms. The van der Waals surface area contributed by atoms with Crippen molar-refractivity contribution in [2.45, 2.75) is 18.2 Å². The van der Waals surface area contributed by atoms with Crippen LogP contribution < -0.4 is 4.74 Å². The van der Waals surface area contributed by atoms with Gasteiger partial charge in [0.05, 0.1) is 22.8 Å². The van der Waals surface area contributed by atoms with E-state index in [4.69, 9.17) is 14.2 Å². The summed E-state index contributed by atoms with van der Waals surface area (Å²) in [6.45, 7) is 0.0778. The van der Waals surface area contributed by atoms with Crippen molar-refractivity contribution in [2.75, 3.05) is 19.2 Å². The van der Waals surface area contributed by atoms with Gasteiger partial charge in [0, 0.05) is 6.92 Å². The molecule has 0 aliphatic heterocycles. The predicted molar refractivity (Wildman–Crippen MR) is 110 cm³/mol. The Morgan fingerprint density at radius 3 is 2.24 bits per heavy atom. The van der Waals surface area contributed by atoms with Gasteiger partial charge in [-0.25, -0.2) is 18.0 Å². The molecule has 33 heavy (non-hydrogen) atoms. The van der Waals surface area contributed by atoms with Gasteiger partial charge in [0.25, 0.3) is 5.09 Å². The molecule has 0 aliphatic rings. The van der Waals surface area contributed by atoms with E-state index in [9.17, 15) is 32.9 Å². The normalized spacial score (nSPS) is 10.7. The highest BCUT2D eigenvalue weighted by atomic mass is 32.2. The first kappa shape index (κ1) is 25.3. The van der Waals surface area contributed by atoms with E-state index in [0.717, 1.165) is 0 Å². The third-order valence-corrected chi connectivity index (χ3v) is 5.76. The summed E-state index contributed by atoms with van der Waals surface area (Å²) in [5.74, 6) is -2.78. The lowest BCUT2D eigenvalue weighted by molar-refractivity contribution is -0.757. The molecule has 0 N–H and O–H groups in total. The number of hydrogen-bond acceptors (Lipinski definition) is 11. The molecule has 0 saturated carbocycles. The molecule has 0 aliphatic carbocycles. The molecule has 0 fully saturated rings. The molecule has 0 aromatic heterocycles. The van der Waals surface area contributed by atoms with Gasteiger partial charge >= 0.3 is 17.9 Å². The number of sulfone groups is 1. The zero-order valence-electron chi connectivity index (χ0n) is 17.3. The molecule has 0 radical (unpaired) electrons. The minimum atomic E-state index is -3.73. The Hall–Kier alpha value is -4.00. The van der Waals surface area contributed by atoms with Gasteiger partial charge in [0.2, 0.25) is 6.79 Å². The molecule has 2 aromatic carbocycles. The van der Waals surface area contributed by atoms with Crippen LogP contribution in [0, 0.1) is 10.1 Å². The van der Waals surface area contributed by atoms with Crippen molar-refractivity contribution in [3.05, 3.63) is 69.8 Å². The van der Waals surface area contributed by atoms with Crippen molar-refractivity contribution >= 4 is 27.7 Å². The number of nitrogens with zero attached hydrogens (tertiary/aromatic N) is 1. The quantitative estimate of drug-likeness (QED) is 0.115. The number of carbonyl (C=O) groups is 3. The topological polar surface area (TPSA) is 165 Å². The van der Waals surface area contributed by atoms with Crippen molar-refractivity contribution < 1.29 is 46.9 Å². The Morgan fingerprint density at radius 1 is 0.970 bits per heavy atom. The molecule has 0 amide bonds. The molecule has 0 saturated heterocycles. The van der Waals surface area contributed by atoms with Gasteiger partial charge in [-0.3, -0.25) is 4.79 Å². The van der Waals surface area contributed by atoms with Crippen LogP contribution in [-0.2, 0) is 28.9 Å². The van der Waals surface area contributed by atoms with Crippen LogP contribution >= 0.6 is 0 Å². The van der Waals surface area contributed by atoms with Gasteiger partial charge in [0.1, 0.15) is 11.3 Å². The summed E-state index contributed by atoms with van der Waals surface area (Å²) in [5, 5.41) is 9.07. The van der Waals surface area contributed by atoms with Crippen LogP contribution in [0.15, 0.2) is 53.4 Å². The molecule has 0 bridgehead atoms. The van der Waals surface area contributed by atoms with Crippen LogP contribution in [0.5, 0.6) is 5.75 Å².